The molecule has 9 nitrogen and oxygen atoms in total. The van der Waals surface area contributed by atoms with E-state index in [0.717, 1.165) is 16.6 Å². The fourth-order valence-electron chi connectivity index (χ4n) is 4.52. The van der Waals surface area contributed by atoms with Gasteiger partial charge in [0.2, 0.25) is 5.91 Å². The quantitative estimate of drug-likeness (QED) is 0.367. The van der Waals surface area contributed by atoms with E-state index in [-0.39, 0.29) is 23.3 Å². The lowest BCUT2D eigenvalue weighted by atomic mass is 10.1. The summed E-state index contributed by atoms with van der Waals surface area (Å²) in [5, 5.41) is 3.63. The lowest BCUT2D eigenvalue weighted by Crippen LogP contribution is -2.50. The molecule has 2 amide bonds. The van der Waals surface area contributed by atoms with E-state index in [4.69, 9.17) is 0 Å². The second kappa shape index (κ2) is 11.2. The van der Waals surface area contributed by atoms with Gasteiger partial charge in [-0.25, -0.2) is 8.42 Å². The van der Waals surface area contributed by atoms with E-state index in [1.807, 2.05) is 48.2 Å². The minimum absolute atomic E-state index is 0.0871. The highest BCUT2D eigenvalue weighted by Crippen LogP contribution is 2.23. The number of rotatable bonds is 7. The monoisotopic (exact) mass is 543 g/mol. The summed E-state index contributed by atoms with van der Waals surface area (Å²) in [6.07, 6.45) is 1.56. The minimum atomic E-state index is -3.88. The van der Waals surface area contributed by atoms with Crippen molar-refractivity contribution < 1.29 is 18.0 Å². The van der Waals surface area contributed by atoms with Gasteiger partial charge in [0, 0.05) is 54.7 Å². The summed E-state index contributed by atoms with van der Waals surface area (Å²) in [7, 11) is -3.88. The van der Waals surface area contributed by atoms with E-state index < -0.39 is 10.0 Å². The van der Waals surface area contributed by atoms with Gasteiger partial charge in [-0.2, -0.15) is 0 Å². The second-order valence-corrected chi connectivity index (χ2v) is 11.1. The number of carbonyl (C=O) groups excluding carboxylic acids is 2. The zero-order valence-corrected chi connectivity index (χ0v) is 22.3. The fourth-order valence-corrected chi connectivity index (χ4v) is 5.76. The maximum atomic E-state index is 13.0. The number of hydrogen-bond acceptors (Lipinski definition) is 6. The molecule has 0 bridgehead atoms. The summed E-state index contributed by atoms with van der Waals surface area (Å²) < 4.78 is 28.7. The number of fused-ring (bicyclic) bond motifs is 1. The number of nitrogens with zero attached hydrogens (tertiary/aromatic N) is 3. The van der Waals surface area contributed by atoms with Gasteiger partial charge in [0.25, 0.3) is 15.9 Å². The van der Waals surface area contributed by atoms with Crippen LogP contribution in [0.25, 0.3) is 10.9 Å². The number of nitrogens with one attached hydrogen (secondary N) is 2. The maximum absolute atomic E-state index is 13.0. The number of hydrogen-bond donors (Lipinski definition) is 2. The fraction of sp³-hybridized carbons (Fsp3) is 0.207. The molecule has 1 aliphatic rings. The lowest BCUT2D eigenvalue weighted by Gasteiger charge is -2.34. The number of piperazine rings is 1. The molecular weight excluding hydrogens is 514 g/mol. The molecule has 0 unspecified atom stereocenters. The molecular formula is C29H29N5O4S. The van der Waals surface area contributed by atoms with Gasteiger partial charge in [-0.1, -0.05) is 35.9 Å². The van der Waals surface area contributed by atoms with Crippen LogP contribution < -0.4 is 10.0 Å². The Kier molecular flexibility index (Phi) is 7.58. The van der Waals surface area contributed by atoms with Crippen molar-refractivity contribution in [3.63, 3.8) is 0 Å². The van der Waals surface area contributed by atoms with E-state index >= 15 is 0 Å². The number of sulfonamides is 1. The molecule has 3 aromatic carbocycles. The van der Waals surface area contributed by atoms with E-state index in [0.29, 0.717) is 42.9 Å². The summed E-state index contributed by atoms with van der Waals surface area (Å²) in [4.78, 5) is 33.5. The predicted molar refractivity (Wildman–Crippen MR) is 151 cm³/mol. The highest BCUT2D eigenvalue weighted by atomic mass is 32.2. The van der Waals surface area contributed by atoms with Gasteiger partial charge < -0.3 is 10.2 Å². The van der Waals surface area contributed by atoms with E-state index in [1.165, 1.54) is 6.07 Å². The van der Waals surface area contributed by atoms with Crippen molar-refractivity contribution in [1.82, 2.24) is 14.8 Å². The average Bonchev–Trinajstić information content (AvgIpc) is 2.94. The second-order valence-electron chi connectivity index (χ2n) is 9.50. The van der Waals surface area contributed by atoms with Crippen molar-refractivity contribution in [3.05, 3.63) is 96.2 Å². The molecule has 0 aliphatic carbocycles. The summed E-state index contributed by atoms with van der Waals surface area (Å²) >= 11 is 0. The van der Waals surface area contributed by atoms with E-state index in [9.17, 15) is 18.0 Å². The number of carbonyl (C=O) groups is 2. The maximum Gasteiger partial charge on any atom is 0.264 e. The SMILES string of the molecule is Cc1ccc(NC(=O)CN2CCN(C(=O)c3ccc(NS(=O)(=O)c4cccc5cccnc45)cc3)CC2)cc1. The molecule has 1 fully saturated rings. The third kappa shape index (κ3) is 6.24. The summed E-state index contributed by atoms with van der Waals surface area (Å²) in [6, 6.07) is 22.6. The van der Waals surface area contributed by atoms with Gasteiger partial charge >= 0.3 is 0 Å². The first-order chi connectivity index (χ1) is 18.8. The Morgan fingerprint density at radius 2 is 1.51 bits per heavy atom. The molecule has 0 radical (unpaired) electrons. The molecule has 5 rings (SSSR count). The van der Waals surface area contributed by atoms with Crippen molar-refractivity contribution in [2.24, 2.45) is 0 Å². The molecule has 0 saturated carbocycles. The van der Waals surface area contributed by atoms with Gasteiger partial charge in [0.1, 0.15) is 4.90 Å². The third-order valence-corrected chi connectivity index (χ3v) is 8.04. The van der Waals surface area contributed by atoms with E-state index in [1.54, 1.807) is 47.5 Å². The molecule has 0 atom stereocenters. The Hall–Kier alpha value is -4.28. The zero-order chi connectivity index (χ0) is 27.4. The van der Waals surface area contributed by atoms with Gasteiger partial charge in [-0.3, -0.25) is 24.2 Å². The summed E-state index contributed by atoms with van der Waals surface area (Å²) in [6.45, 7) is 4.43. The molecule has 200 valence electrons. The Balaban J connectivity index is 1.15. The third-order valence-electron chi connectivity index (χ3n) is 6.63. The van der Waals surface area contributed by atoms with E-state index in [2.05, 4.69) is 15.0 Å². The molecule has 2 N–H and O–H groups in total. The standard InChI is InChI=1S/C29H29N5O4S/c1-21-7-11-24(12-8-21)31-27(35)20-33-16-18-34(19-17-33)29(36)23-9-13-25(14-10-23)32-39(37,38)26-6-2-4-22-5-3-15-30-28(22)26/h2-15,32H,16-20H2,1H3,(H,31,35). The molecule has 10 heteroatoms. The van der Waals surface area contributed by atoms with Crippen molar-refractivity contribution >= 4 is 44.1 Å². The van der Waals surface area contributed by atoms with Crippen LogP contribution in [0.5, 0.6) is 0 Å². The van der Waals surface area contributed by atoms with Crippen LogP contribution in [0.2, 0.25) is 0 Å². The minimum Gasteiger partial charge on any atom is -0.336 e. The van der Waals surface area contributed by atoms with Crippen molar-refractivity contribution in [3.8, 4) is 0 Å². The Morgan fingerprint density at radius 1 is 0.846 bits per heavy atom. The normalized spacial score (nSPS) is 14.2. The number of benzene rings is 3. The molecule has 1 aromatic heterocycles. The zero-order valence-electron chi connectivity index (χ0n) is 21.5. The molecule has 4 aromatic rings. The first kappa shape index (κ1) is 26.3. The molecule has 2 heterocycles. The predicted octanol–water partition coefficient (Wildman–Crippen LogP) is 3.74. The van der Waals surface area contributed by atoms with Crippen LogP contribution in [0, 0.1) is 6.92 Å². The van der Waals surface area contributed by atoms with Gasteiger partial charge in [-0.05, 0) is 55.5 Å². The van der Waals surface area contributed by atoms with Crippen molar-refractivity contribution in [2.75, 3.05) is 42.8 Å². The smallest absolute Gasteiger partial charge is 0.264 e. The summed E-state index contributed by atoms with van der Waals surface area (Å²) in [5.74, 6) is -0.220. The molecule has 0 spiro atoms. The lowest BCUT2D eigenvalue weighted by molar-refractivity contribution is -0.117. The number of para-hydroxylation sites is 1. The van der Waals surface area contributed by atoms with Crippen LogP contribution in [0.1, 0.15) is 15.9 Å². The van der Waals surface area contributed by atoms with Crippen molar-refractivity contribution in [2.45, 2.75) is 11.8 Å². The molecule has 1 saturated heterocycles. The number of aryl methyl sites for hydroxylation is 1. The highest BCUT2D eigenvalue weighted by molar-refractivity contribution is 7.93. The Morgan fingerprint density at radius 3 is 2.23 bits per heavy atom. The Bertz CT molecular complexity index is 1590. The average molecular weight is 544 g/mol. The van der Waals surface area contributed by atoms with Crippen LogP contribution >= 0.6 is 0 Å². The van der Waals surface area contributed by atoms with Crippen LogP contribution in [0.4, 0.5) is 11.4 Å². The first-order valence-corrected chi connectivity index (χ1v) is 14.1. The van der Waals surface area contributed by atoms with Crippen LogP contribution in [0.3, 0.4) is 0 Å². The number of anilines is 2. The first-order valence-electron chi connectivity index (χ1n) is 12.6. The largest absolute Gasteiger partial charge is 0.336 e. The summed E-state index contributed by atoms with van der Waals surface area (Å²) in [5.41, 5.74) is 3.10. The van der Waals surface area contributed by atoms with Crippen LogP contribution in [-0.4, -0.2) is 67.7 Å². The molecule has 39 heavy (non-hydrogen) atoms. The highest BCUT2D eigenvalue weighted by Gasteiger charge is 2.24. The number of amides is 2. The van der Waals surface area contributed by atoms with Crippen LogP contribution in [0.15, 0.2) is 90.0 Å². The van der Waals surface area contributed by atoms with Gasteiger partial charge in [0.15, 0.2) is 0 Å². The number of pyridine rings is 1. The van der Waals surface area contributed by atoms with Crippen molar-refractivity contribution in [1.29, 1.82) is 0 Å². The van der Waals surface area contributed by atoms with Crippen LogP contribution in [-0.2, 0) is 14.8 Å². The van der Waals surface area contributed by atoms with Gasteiger partial charge in [-0.15, -0.1) is 0 Å². The van der Waals surface area contributed by atoms with Gasteiger partial charge in [0.05, 0.1) is 12.1 Å². The topological polar surface area (TPSA) is 112 Å². The Labute approximate surface area is 227 Å². The molecule has 1 aliphatic heterocycles. The number of aromatic nitrogens is 1.